The number of hydrogen-bond acceptors (Lipinski definition) is 4. The Hall–Kier alpha value is -1.34. The van der Waals surface area contributed by atoms with Gasteiger partial charge in [-0.05, 0) is 20.9 Å². The Labute approximate surface area is 113 Å². The number of aliphatic carboxylic acids is 1. The van der Waals surface area contributed by atoms with Crippen LogP contribution in [0.5, 0.6) is 0 Å². The van der Waals surface area contributed by atoms with Crippen molar-refractivity contribution in [3.63, 3.8) is 0 Å². The number of methoxy groups -OCH3 is 1. The molecule has 2 amide bonds. The molecule has 0 aromatic rings. The SMILES string of the molecule is COC(CNC(=O)N1CCN(C)C(C)(C)C1)C(=O)O. The van der Waals surface area contributed by atoms with Crippen LogP contribution in [0.3, 0.4) is 0 Å². The first-order chi connectivity index (χ1) is 8.77. The lowest BCUT2D eigenvalue weighted by Gasteiger charge is -2.45. The average Bonchev–Trinajstić information content (AvgIpc) is 2.32. The molecular formula is C12H23N3O4. The summed E-state index contributed by atoms with van der Waals surface area (Å²) >= 11 is 0. The molecule has 1 aliphatic rings. The fourth-order valence-electron chi connectivity index (χ4n) is 1.98. The van der Waals surface area contributed by atoms with Gasteiger partial charge in [-0.3, -0.25) is 4.90 Å². The molecule has 1 rings (SSSR count). The minimum absolute atomic E-state index is 0.0303. The van der Waals surface area contributed by atoms with E-state index in [-0.39, 0.29) is 18.1 Å². The fourth-order valence-corrected chi connectivity index (χ4v) is 1.98. The predicted molar refractivity (Wildman–Crippen MR) is 70.1 cm³/mol. The maximum absolute atomic E-state index is 12.0. The first-order valence-electron chi connectivity index (χ1n) is 6.27. The summed E-state index contributed by atoms with van der Waals surface area (Å²) < 4.78 is 4.77. The maximum atomic E-state index is 12.0. The van der Waals surface area contributed by atoms with Crippen LogP contribution in [-0.4, -0.2) is 78.9 Å². The molecule has 1 aliphatic heterocycles. The monoisotopic (exact) mass is 273 g/mol. The van der Waals surface area contributed by atoms with Gasteiger partial charge in [0.25, 0.3) is 0 Å². The molecule has 1 atom stereocenters. The Bertz CT molecular complexity index is 346. The van der Waals surface area contributed by atoms with Crippen molar-refractivity contribution in [2.75, 3.05) is 40.3 Å². The topological polar surface area (TPSA) is 82.1 Å². The Kier molecular flexibility index (Phi) is 5.13. The Morgan fingerprint density at radius 3 is 2.53 bits per heavy atom. The maximum Gasteiger partial charge on any atom is 0.334 e. The van der Waals surface area contributed by atoms with Gasteiger partial charge in [0.05, 0.1) is 6.54 Å². The van der Waals surface area contributed by atoms with Crippen LogP contribution in [0.25, 0.3) is 0 Å². The van der Waals surface area contributed by atoms with Gasteiger partial charge in [-0.15, -0.1) is 0 Å². The number of carbonyl (C=O) groups excluding carboxylic acids is 1. The van der Waals surface area contributed by atoms with E-state index in [4.69, 9.17) is 9.84 Å². The van der Waals surface area contributed by atoms with Crippen molar-refractivity contribution in [3.8, 4) is 0 Å². The number of ether oxygens (including phenoxy) is 1. The van der Waals surface area contributed by atoms with Crippen LogP contribution in [0.2, 0.25) is 0 Å². The van der Waals surface area contributed by atoms with Crippen molar-refractivity contribution < 1.29 is 19.4 Å². The molecule has 19 heavy (non-hydrogen) atoms. The van der Waals surface area contributed by atoms with Crippen LogP contribution in [0.1, 0.15) is 13.8 Å². The third-order valence-electron chi connectivity index (χ3n) is 3.60. The second kappa shape index (κ2) is 6.21. The van der Waals surface area contributed by atoms with Crippen LogP contribution in [0, 0.1) is 0 Å². The molecule has 1 fully saturated rings. The number of urea groups is 1. The van der Waals surface area contributed by atoms with E-state index >= 15 is 0 Å². The van der Waals surface area contributed by atoms with Crippen LogP contribution >= 0.6 is 0 Å². The molecule has 0 saturated carbocycles. The molecule has 2 N–H and O–H groups in total. The lowest BCUT2D eigenvalue weighted by molar-refractivity contribution is -0.148. The average molecular weight is 273 g/mol. The van der Waals surface area contributed by atoms with E-state index in [0.717, 1.165) is 6.54 Å². The molecule has 1 heterocycles. The van der Waals surface area contributed by atoms with Crippen molar-refractivity contribution in [1.29, 1.82) is 0 Å². The summed E-state index contributed by atoms with van der Waals surface area (Å²) in [6.45, 7) is 6.16. The van der Waals surface area contributed by atoms with Crippen molar-refractivity contribution >= 4 is 12.0 Å². The molecule has 1 saturated heterocycles. The third kappa shape index (κ3) is 4.07. The van der Waals surface area contributed by atoms with Crippen molar-refractivity contribution in [1.82, 2.24) is 15.1 Å². The zero-order valence-electron chi connectivity index (χ0n) is 12.0. The molecule has 0 bridgehead atoms. The van der Waals surface area contributed by atoms with Crippen LogP contribution in [-0.2, 0) is 9.53 Å². The number of piperazine rings is 1. The van der Waals surface area contributed by atoms with Gasteiger partial charge < -0.3 is 20.1 Å². The Morgan fingerprint density at radius 1 is 1.42 bits per heavy atom. The van der Waals surface area contributed by atoms with Gasteiger partial charge in [-0.25, -0.2) is 9.59 Å². The van der Waals surface area contributed by atoms with E-state index in [1.54, 1.807) is 4.90 Å². The smallest absolute Gasteiger partial charge is 0.334 e. The summed E-state index contributed by atoms with van der Waals surface area (Å²) in [6, 6.07) is -0.246. The Morgan fingerprint density at radius 2 is 2.05 bits per heavy atom. The zero-order chi connectivity index (χ0) is 14.6. The van der Waals surface area contributed by atoms with Crippen molar-refractivity contribution in [2.24, 2.45) is 0 Å². The number of hydrogen-bond donors (Lipinski definition) is 2. The van der Waals surface area contributed by atoms with Crippen LogP contribution in [0.15, 0.2) is 0 Å². The molecule has 0 aromatic heterocycles. The minimum atomic E-state index is -1.08. The van der Waals surface area contributed by atoms with E-state index in [2.05, 4.69) is 24.1 Å². The van der Waals surface area contributed by atoms with Gasteiger partial charge in [-0.1, -0.05) is 0 Å². The highest BCUT2D eigenvalue weighted by Crippen LogP contribution is 2.18. The number of likely N-dealkylation sites (N-methyl/N-ethyl adjacent to an activating group) is 1. The van der Waals surface area contributed by atoms with Gasteiger partial charge in [0, 0.05) is 32.3 Å². The lowest BCUT2D eigenvalue weighted by Crippen LogP contribution is -2.60. The molecule has 1 unspecified atom stereocenters. The number of amides is 2. The van der Waals surface area contributed by atoms with E-state index in [9.17, 15) is 9.59 Å². The highest BCUT2D eigenvalue weighted by Gasteiger charge is 2.33. The van der Waals surface area contributed by atoms with Gasteiger partial charge in [-0.2, -0.15) is 0 Å². The summed E-state index contributed by atoms with van der Waals surface area (Å²) in [5.41, 5.74) is -0.0803. The molecule has 0 aliphatic carbocycles. The fraction of sp³-hybridized carbons (Fsp3) is 0.833. The molecular weight excluding hydrogens is 250 g/mol. The zero-order valence-corrected chi connectivity index (χ0v) is 12.0. The van der Waals surface area contributed by atoms with E-state index in [0.29, 0.717) is 13.1 Å². The van der Waals surface area contributed by atoms with E-state index in [1.165, 1.54) is 7.11 Å². The predicted octanol–water partition coefficient (Wildman–Crippen LogP) is -0.178. The van der Waals surface area contributed by atoms with Gasteiger partial charge in [0.15, 0.2) is 6.10 Å². The van der Waals surface area contributed by atoms with Crippen molar-refractivity contribution in [2.45, 2.75) is 25.5 Å². The number of carbonyl (C=O) groups is 2. The van der Waals surface area contributed by atoms with E-state index in [1.807, 2.05) is 7.05 Å². The summed E-state index contributed by atoms with van der Waals surface area (Å²) in [4.78, 5) is 26.7. The quantitative estimate of drug-likeness (QED) is 0.742. The number of rotatable bonds is 4. The summed E-state index contributed by atoms with van der Waals surface area (Å²) in [5.74, 6) is -1.08. The van der Waals surface area contributed by atoms with Crippen LogP contribution < -0.4 is 5.32 Å². The molecule has 110 valence electrons. The second-order valence-corrected chi connectivity index (χ2v) is 5.40. The molecule has 7 heteroatoms. The van der Waals surface area contributed by atoms with Gasteiger partial charge in [0.2, 0.25) is 0 Å². The Balaban J connectivity index is 2.48. The van der Waals surface area contributed by atoms with Gasteiger partial charge in [0.1, 0.15) is 0 Å². The number of nitrogens with one attached hydrogen (secondary N) is 1. The highest BCUT2D eigenvalue weighted by molar-refractivity contribution is 5.77. The molecule has 0 aromatic carbocycles. The standard InChI is InChI=1S/C12H23N3O4/c1-12(2)8-15(6-5-14(12)3)11(18)13-7-9(19-4)10(16)17/h9H,5-8H2,1-4H3,(H,13,18)(H,16,17). The number of carboxylic acid groups (broad SMARTS) is 1. The van der Waals surface area contributed by atoms with Crippen LogP contribution in [0.4, 0.5) is 4.79 Å². The first-order valence-corrected chi connectivity index (χ1v) is 6.27. The normalized spacial score (nSPS) is 20.9. The molecule has 7 nitrogen and oxygen atoms in total. The van der Waals surface area contributed by atoms with Gasteiger partial charge >= 0.3 is 12.0 Å². The highest BCUT2D eigenvalue weighted by atomic mass is 16.5. The summed E-state index contributed by atoms with van der Waals surface area (Å²) in [5, 5.41) is 11.4. The third-order valence-corrected chi connectivity index (χ3v) is 3.60. The molecule has 0 spiro atoms. The lowest BCUT2D eigenvalue weighted by atomic mass is 10.0. The largest absolute Gasteiger partial charge is 0.479 e. The second-order valence-electron chi connectivity index (χ2n) is 5.40. The van der Waals surface area contributed by atoms with Crippen molar-refractivity contribution in [3.05, 3.63) is 0 Å². The minimum Gasteiger partial charge on any atom is -0.479 e. The summed E-state index contributed by atoms with van der Waals surface area (Å²) in [7, 11) is 3.34. The summed E-state index contributed by atoms with van der Waals surface area (Å²) in [6.07, 6.45) is -1.01. The number of carboxylic acids is 1. The number of nitrogens with zero attached hydrogens (tertiary/aromatic N) is 2. The van der Waals surface area contributed by atoms with E-state index < -0.39 is 12.1 Å². The first kappa shape index (κ1) is 15.7. The molecule has 0 radical (unpaired) electrons.